The zero-order chi connectivity index (χ0) is 12.0. The Morgan fingerprint density at radius 3 is 2.69 bits per heavy atom. The van der Waals surface area contributed by atoms with Crippen LogP contribution < -0.4 is 0 Å². The fourth-order valence-corrected chi connectivity index (χ4v) is 3.04. The molecule has 1 aromatic rings. The van der Waals surface area contributed by atoms with Crippen molar-refractivity contribution in [2.45, 2.75) is 50.2 Å². The van der Waals surface area contributed by atoms with E-state index in [1.54, 1.807) is 11.8 Å². The summed E-state index contributed by atoms with van der Waals surface area (Å²) in [6.45, 7) is 8.45. The third-order valence-corrected chi connectivity index (χ3v) is 4.48. The maximum Gasteiger partial charge on any atom is 0.153 e. The molecule has 1 unspecified atom stereocenters. The van der Waals surface area contributed by atoms with Crippen LogP contribution in [0, 0.1) is 0 Å². The van der Waals surface area contributed by atoms with E-state index in [4.69, 9.17) is 0 Å². The molecular formula is C13H19NOS. The topological polar surface area (TPSA) is 33.1 Å². The van der Waals surface area contributed by atoms with Crippen LogP contribution in [-0.4, -0.2) is 10.1 Å². The van der Waals surface area contributed by atoms with Gasteiger partial charge in [0, 0.05) is 16.9 Å². The first-order valence-corrected chi connectivity index (χ1v) is 6.72. The molecule has 0 aromatic carbocycles. The van der Waals surface area contributed by atoms with Crippen molar-refractivity contribution in [3.63, 3.8) is 0 Å². The number of aromatic nitrogens is 1. The maximum atomic E-state index is 10.4. The van der Waals surface area contributed by atoms with Crippen LogP contribution in [0.3, 0.4) is 0 Å². The summed E-state index contributed by atoms with van der Waals surface area (Å²) in [5.74, 6) is 0.872. The zero-order valence-electron chi connectivity index (χ0n) is 10.4. The van der Waals surface area contributed by atoms with Crippen molar-refractivity contribution in [1.29, 1.82) is 0 Å². The Kier molecular flexibility index (Phi) is 2.79. The van der Waals surface area contributed by atoms with Gasteiger partial charge in [0.2, 0.25) is 0 Å². The predicted octanol–water partition coefficient (Wildman–Crippen LogP) is 3.18. The van der Waals surface area contributed by atoms with Gasteiger partial charge in [-0.15, -0.1) is 11.8 Å². The van der Waals surface area contributed by atoms with Gasteiger partial charge in [-0.1, -0.05) is 33.8 Å². The second kappa shape index (κ2) is 3.74. The number of hydrogen-bond donors (Lipinski definition) is 1. The van der Waals surface area contributed by atoms with Crippen LogP contribution in [0.25, 0.3) is 0 Å². The zero-order valence-corrected chi connectivity index (χ0v) is 11.2. The molecule has 1 aromatic heterocycles. The fourth-order valence-electron chi connectivity index (χ4n) is 1.90. The Hall–Kier alpha value is -0.540. The molecule has 2 nitrogen and oxygen atoms in total. The van der Waals surface area contributed by atoms with Gasteiger partial charge in [-0.05, 0) is 18.1 Å². The average Bonchev–Trinajstić information content (AvgIpc) is 2.56. The summed E-state index contributed by atoms with van der Waals surface area (Å²) in [5, 5.41) is 10.4. The first-order chi connectivity index (χ1) is 7.37. The van der Waals surface area contributed by atoms with Crippen molar-refractivity contribution >= 4 is 11.8 Å². The minimum atomic E-state index is -0.767. The summed E-state index contributed by atoms with van der Waals surface area (Å²) in [6.07, 6.45) is 0.714. The lowest BCUT2D eigenvalue weighted by Gasteiger charge is -2.23. The van der Waals surface area contributed by atoms with E-state index in [1.165, 1.54) is 5.56 Å². The lowest BCUT2D eigenvalue weighted by molar-refractivity contribution is 0.130. The number of thioether (sulfide) groups is 1. The lowest BCUT2D eigenvalue weighted by atomic mass is 9.90. The van der Waals surface area contributed by atoms with Crippen molar-refractivity contribution in [3.8, 4) is 0 Å². The Balaban J connectivity index is 2.50. The first-order valence-electron chi connectivity index (χ1n) is 5.74. The van der Waals surface area contributed by atoms with E-state index in [1.807, 2.05) is 6.92 Å². The van der Waals surface area contributed by atoms with E-state index in [0.29, 0.717) is 6.42 Å². The van der Waals surface area contributed by atoms with Crippen LogP contribution in [0.5, 0.6) is 0 Å². The minimum absolute atomic E-state index is 0.0386. The van der Waals surface area contributed by atoms with Crippen LogP contribution in [0.2, 0.25) is 0 Å². The van der Waals surface area contributed by atoms with Crippen molar-refractivity contribution in [3.05, 3.63) is 29.1 Å². The number of pyridine rings is 1. The Bertz CT molecular complexity index is 411. The van der Waals surface area contributed by atoms with E-state index >= 15 is 0 Å². The molecule has 16 heavy (non-hydrogen) atoms. The van der Waals surface area contributed by atoms with Gasteiger partial charge < -0.3 is 5.11 Å². The van der Waals surface area contributed by atoms with Crippen LogP contribution in [0.4, 0.5) is 0 Å². The summed E-state index contributed by atoms with van der Waals surface area (Å²) in [5.41, 5.74) is 3.16. The van der Waals surface area contributed by atoms with Crippen molar-refractivity contribution in [2.75, 3.05) is 0 Å². The van der Waals surface area contributed by atoms with Gasteiger partial charge in [0.1, 0.15) is 0 Å². The van der Waals surface area contributed by atoms with E-state index < -0.39 is 4.93 Å². The van der Waals surface area contributed by atoms with E-state index in [9.17, 15) is 5.11 Å². The van der Waals surface area contributed by atoms with Gasteiger partial charge >= 0.3 is 0 Å². The molecule has 0 saturated carbocycles. The van der Waals surface area contributed by atoms with Gasteiger partial charge in [-0.3, -0.25) is 4.98 Å². The Morgan fingerprint density at radius 1 is 1.44 bits per heavy atom. The van der Waals surface area contributed by atoms with E-state index in [0.717, 1.165) is 17.1 Å². The number of fused-ring (bicyclic) bond motifs is 1. The SMILES string of the molecule is CCC1(O)SCc2ccc(C(C)(C)C)nc21. The molecule has 1 N–H and O–H groups in total. The van der Waals surface area contributed by atoms with E-state index in [2.05, 4.69) is 37.9 Å². The monoisotopic (exact) mass is 237 g/mol. The van der Waals surface area contributed by atoms with Gasteiger partial charge in [0.05, 0.1) is 5.69 Å². The van der Waals surface area contributed by atoms with Gasteiger partial charge in [-0.2, -0.15) is 0 Å². The highest BCUT2D eigenvalue weighted by atomic mass is 32.2. The highest BCUT2D eigenvalue weighted by molar-refractivity contribution is 7.99. The smallest absolute Gasteiger partial charge is 0.153 e. The largest absolute Gasteiger partial charge is 0.374 e. The number of rotatable bonds is 1. The van der Waals surface area contributed by atoms with E-state index in [-0.39, 0.29) is 5.41 Å². The molecule has 0 spiro atoms. The van der Waals surface area contributed by atoms with Crippen LogP contribution in [-0.2, 0) is 16.1 Å². The molecule has 0 fully saturated rings. The Labute approximate surface area is 101 Å². The highest BCUT2D eigenvalue weighted by Crippen LogP contribution is 2.46. The molecule has 88 valence electrons. The molecule has 1 atom stereocenters. The average molecular weight is 237 g/mol. The molecule has 0 aliphatic carbocycles. The molecule has 2 rings (SSSR count). The molecule has 1 aliphatic rings. The quantitative estimate of drug-likeness (QED) is 0.814. The third-order valence-electron chi connectivity index (χ3n) is 3.06. The van der Waals surface area contributed by atoms with Crippen LogP contribution in [0.1, 0.15) is 51.1 Å². The Morgan fingerprint density at radius 2 is 2.12 bits per heavy atom. The normalized spacial score (nSPS) is 24.6. The molecule has 2 heterocycles. The minimum Gasteiger partial charge on any atom is -0.374 e. The van der Waals surface area contributed by atoms with Crippen molar-refractivity contribution in [2.24, 2.45) is 0 Å². The second-order valence-electron chi connectivity index (χ2n) is 5.38. The standard InChI is InChI=1S/C13H19NOS/c1-5-13(15)11-9(8-16-13)6-7-10(14-11)12(2,3)4/h6-7,15H,5,8H2,1-4H3. The summed E-state index contributed by atoms with van der Waals surface area (Å²) >= 11 is 1.59. The maximum absolute atomic E-state index is 10.4. The van der Waals surface area contributed by atoms with Gasteiger partial charge in [0.15, 0.2) is 4.93 Å². The van der Waals surface area contributed by atoms with Gasteiger partial charge in [-0.25, -0.2) is 0 Å². The fraction of sp³-hybridized carbons (Fsp3) is 0.615. The highest BCUT2D eigenvalue weighted by Gasteiger charge is 2.38. The molecule has 0 bridgehead atoms. The second-order valence-corrected chi connectivity index (χ2v) is 6.63. The molecule has 0 amide bonds. The molecule has 1 aliphatic heterocycles. The van der Waals surface area contributed by atoms with Crippen molar-refractivity contribution in [1.82, 2.24) is 4.98 Å². The summed E-state index contributed by atoms with van der Waals surface area (Å²) in [6, 6.07) is 4.20. The molecule has 0 radical (unpaired) electrons. The summed E-state index contributed by atoms with van der Waals surface area (Å²) in [4.78, 5) is 3.91. The third kappa shape index (κ3) is 1.87. The molecule has 0 saturated heterocycles. The lowest BCUT2D eigenvalue weighted by Crippen LogP contribution is -2.22. The molecule has 3 heteroatoms. The molecular weight excluding hydrogens is 218 g/mol. The summed E-state index contributed by atoms with van der Waals surface area (Å²) < 4.78 is 0. The number of hydrogen-bond acceptors (Lipinski definition) is 3. The van der Waals surface area contributed by atoms with Crippen LogP contribution in [0.15, 0.2) is 12.1 Å². The number of aliphatic hydroxyl groups is 1. The first kappa shape index (κ1) is 11.9. The van der Waals surface area contributed by atoms with Crippen molar-refractivity contribution < 1.29 is 5.11 Å². The summed E-state index contributed by atoms with van der Waals surface area (Å²) in [7, 11) is 0. The predicted molar refractivity (Wildman–Crippen MR) is 68.4 cm³/mol. The van der Waals surface area contributed by atoms with Gasteiger partial charge in [0.25, 0.3) is 0 Å². The number of nitrogens with zero attached hydrogens (tertiary/aromatic N) is 1. The van der Waals surface area contributed by atoms with Crippen LogP contribution >= 0.6 is 11.8 Å².